The highest BCUT2D eigenvalue weighted by Crippen LogP contribution is 2.26. The van der Waals surface area contributed by atoms with Gasteiger partial charge in [0.05, 0.1) is 43.0 Å². The summed E-state index contributed by atoms with van der Waals surface area (Å²) in [6.07, 6.45) is 1.97. The van der Waals surface area contributed by atoms with E-state index in [1.807, 2.05) is 29.1 Å². The highest BCUT2D eigenvalue weighted by Gasteiger charge is 2.29. The van der Waals surface area contributed by atoms with Gasteiger partial charge < -0.3 is 19.3 Å². The first-order chi connectivity index (χ1) is 14.2. The second-order valence-electron chi connectivity index (χ2n) is 7.60. The van der Waals surface area contributed by atoms with Crippen LogP contribution in [0.1, 0.15) is 13.8 Å². The van der Waals surface area contributed by atoms with Crippen LogP contribution in [0.5, 0.6) is 0 Å². The maximum absolute atomic E-state index is 5.81. The Labute approximate surface area is 170 Å². The van der Waals surface area contributed by atoms with E-state index in [0.29, 0.717) is 19.8 Å². The fourth-order valence-corrected chi connectivity index (χ4v) is 3.97. The Balaban J connectivity index is 1.62. The van der Waals surface area contributed by atoms with Gasteiger partial charge in [0.15, 0.2) is 0 Å². The minimum absolute atomic E-state index is 0.136. The molecule has 2 aliphatic heterocycles. The average molecular weight is 394 g/mol. The first-order valence-corrected chi connectivity index (χ1v) is 10.2. The van der Waals surface area contributed by atoms with E-state index in [2.05, 4.69) is 40.8 Å². The molecule has 2 fully saturated rings. The minimum atomic E-state index is 0.136. The molecule has 152 valence electrons. The topological polar surface area (TPSA) is 68.5 Å². The Morgan fingerprint density at radius 2 is 1.76 bits per heavy atom. The molecule has 3 aromatic rings. The van der Waals surface area contributed by atoms with Gasteiger partial charge in [0.1, 0.15) is 18.0 Å². The molecule has 0 aliphatic carbocycles. The van der Waals surface area contributed by atoms with Crippen molar-refractivity contribution in [1.29, 1.82) is 0 Å². The average Bonchev–Trinajstić information content (AvgIpc) is 3.20. The molecule has 2 atom stereocenters. The first kappa shape index (κ1) is 18.3. The highest BCUT2D eigenvalue weighted by atomic mass is 16.5. The number of benzene rings is 1. The van der Waals surface area contributed by atoms with Crippen LogP contribution in [0.2, 0.25) is 0 Å². The summed E-state index contributed by atoms with van der Waals surface area (Å²) in [7, 11) is 0. The van der Waals surface area contributed by atoms with Crippen LogP contribution in [-0.4, -0.2) is 71.1 Å². The third-order valence-corrected chi connectivity index (χ3v) is 5.86. The van der Waals surface area contributed by atoms with Crippen LogP contribution in [-0.2, 0) is 9.47 Å². The van der Waals surface area contributed by atoms with Gasteiger partial charge in [-0.05, 0) is 26.0 Å². The Hall–Kier alpha value is -2.71. The Morgan fingerprint density at radius 1 is 0.966 bits per heavy atom. The number of imidazole rings is 1. The van der Waals surface area contributed by atoms with Crippen molar-refractivity contribution in [3.8, 4) is 5.82 Å². The van der Waals surface area contributed by atoms with Crippen LogP contribution < -0.4 is 9.80 Å². The molecule has 2 saturated heterocycles. The lowest BCUT2D eigenvalue weighted by Crippen LogP contribution is -2.49. The normalized spacial score (nSPS) is 23.0. The van der Waals surface area contributed by atoms with Crippen molar-refractivity contribution in [1.82, 2.24) is 19.5 Å². The largest absolute Gasteiger partial charge is 0.378 e. The van der Waals surface area contributed by atoms with Crippen LogP contribution in [0.25, 0.3) is 16.9 Å². The first-order valence-electron chi connectivity index (χ1n) is 10.2. The number of para-hydroxylation sites is 2. The van der Waals surface area contributed by atoms with Crippen molar-refractivity contribution in [2.75, 3.05) is 49.3 Å². The van der Waals surface area contributed by atoms with Crippen molar-refractivity contribution in [2.45, 2.75) is 26.0 Å². The van der Waals surface area contributed by atoms with Gasteiger partial charge in [-0.1, -0.05) is 12.1 Å². The molecule has 0 amide bonds. The van der Waals surface area contributed by atoms with Crippen LogP contribution in [0, 0.1) is 0 Å². The summed E-state index contributed by atoms with van der Waals surface area (Å²) in [4.78, 5) is 19.0. The molecular formula is C21H26N6O2. The Kier molecular flexibility index (Phi) is 4.81. The monoisotopic (exact) mass is 394 g/mol. The van der Waals surface area contributed by atoms with Gasteiger partial charge in [-0.15, -0.1) is 0 Å². The predicted molar refractivity (Wildman–Crippen MR) is 112 cm³/mol. The molecule has 0 bridgehead atoms. The van der Waals surface area contributed by atoms with Gasteiger partial charge in [-0.2, -0.15) is 9.97 Å². The predicted octanol–water partition coefficient (Wildman–Crippen LogP) is 2.27. The van der Waals surface area contributed by atoms with Gasteiger partial charge in [0.2, 0.25) is 5.95 Å². The fraction of sp³-hybridized carbons (Fsp3) is 0.476. The zero-order valence-corrected chi connectivity index (χ0v) is 16.9. The molecule has 8 heteroatoms. The van der Waals surface area contributed by atoms with E-state index in [1.165, 1.54) is 0 Å². The zero-order valence-electron chi connectivity index (χ0n) is 16.9. The second kappa shape index (κ2) is 7.61. The summed E-state index contributed by atoms with van der Waals surface area (Å²) in [6, 6.07) is 10.4. The molecule has 2 aromatic heterocycles. The fourth-order valence-electron chi connectivity index (χ4n) is 3.97. The number of aromatic nitrogens is 4. The smallest absolute Gasteiger partial charge is 0.229 e. The minimum Gasteiger partial charge on any atom is -0.378 e. The molecule has 2 aliphatic rings. The zero-order chi connectivity index (χ0) is 19.8. The van der Waals surface area contributed by atoms with Gasteiger partial charge >= 0.3 is 0 Å². The van der Waals surface area contributed by atoms with E-state index in [0.717, 1.165) is 48.3 Å². The van der Waals surface area contributed by atoms with Gasteiger partial charge in [-0.25, -0.2) is 4.98 Å². The summed E-state index contributed by atoms with van der Waals surface area (Å²) >= 11 is 0. The number of morpholine rings is 2. The van der Waals surface area contributed by atoms with Crippen LogP contribution in [0.15, 0.2) is 36.7 Å². The quantitative estimate of drug-likeness (QED) is 0.675. The van der Waals surface area contributed by atoms with Gasteiger partial charge in [0, 0.05) is 25.7 Å². The van der Waals surface area contributed by atoms with E-state index in [4.69, 9.17) is 19.4 Å². The molecule has 0 radical (unpaired) electrons. The number of anilines is 2. The van der Waals surface area contributed by atoms with Crippen molar-refractivity contribution in [3.05, 3.63) is 36.7 Å². The molecule has 0 saturated carbocycles. The molecule has 8 nitrogen and oxygen atoms in total. The van der Waals surface area contributed by atoms with E-state index < -0.39 is 0 Å². The lowest BCUT2D eigenvalue weighted by molar-refractivity contribution is 0.0277. The molecule has 5 rings (SSSR count). The molecule has 4 heterocycles. The molecule has 0 unspecified atom stereocenters. The third-order valence-electron chi connectivity index (χ3n) is 5.86. The molecule has 0 spiro atoms. The summed E-state index contributed by atoms with van der Waals surface area (Å²) in [5.41, 5.74) is 1.99. The highest BCUT2D eigenvalue weighted by molar-refractivity contribution is 5.77. The maximum atomic E-state index is 5.81. The summed E-state index contributed by atoms with van der Waals surface area (Å²) in [6.45, 7) is 8.82. The molecule has 1 aromatic carbocycles. The number of nitrogens with zero attached hydrogens (tertiary/aromatic N) is 6. The van der Waals surface area contributed by atoms with Crippen molar-refractivity contribution < 1.29 is 9.47 Å². The molecule has 29 heavy (non-hydrogen) atoms. The Bertz CT molecular complexity index is 1000. The maximum Gasteiger partial charge on any atom is 0.229 e. The van der Waals surface area contributed by atoms with Crippen molar-refractivity contribution >= 4 is 22.8 Å². The van der Waals surface area contributed by atoms with E-state index >= 15 is 0 Å². The standard InChI is InChI=1S/C21H26N6O2/c1-15-16(2)29-12-9-26(15)21-23-19(25-7-10-28-11-8-25)13-20(24-21)27-14-22-17-5-3-4-6-18(17)27/h3-6,13-16H,7-12H2,1-2H3/t15-,16-/m1/s1. The number of ether oxygens (including phenoxy) is 2. The van der Waals surface area contributed by atoms with Crippen LogP contribution in [0.3, 0.4) is 0 Å². The number of hydrogen-bond acceptors (Lipinski definition) is 7. The Morgan fingerprint density at radius 3 is 2.62 bits per heavy atom. The van der Waals surface area contributed by atoms with E-state index in [-0.39, 0.29) is 12.1 Å². The molecular weight excluding hydrogens is 368 g/mol. The third kappa shape index (κ3) is 3.42. The SMILES string of the molecule is C[C@@H]1[C@@H](C)OCCN1c1nc(N2CCOCC2)cc(-n2cnc3ccccc32)n1. The lowest BCUT2D eigenvalue weighted by Gasteiger charge is -2.38. The summed E-state index contributed by atoms with van der Waals surface area (Å²) < 4.78 is 13.4. The van der Waals surface area contributed by atoms with Crippen LogP contribution in [0.4, 0.5) is 11.8 Å². The van der Waals surface area contributed by atoms with Crippen molar-refractivity contribution in [2.24, 2.45) is 0 Å². The van der Waals surface area contributed by atoms with E-state index in [9.17, 15) is 0 Å². The van der Waals surface area contributed by atoms with Crippen LogP contribution >= 0.6 is 0 Å². The molecule has 0 N–H and O–H groups in total. The number of rotatable bonds is 3. The summed E-state index contributed by atoms with van der Waals surface area (Å²) in [5.74, 6) is 2.50. The van der Waals surface area contributed by atoms with Gasteiger partial charge in [-0.3, -0.25) is 4.57 Å². The summed E-state index contributed by atoms with van der Waals surface area (Å²) in [5, 5.41) is 0. The number of fused-ring (bicyclic) bond motifs is 1. The van der Waals surface area contributed by atoms with Crippen molar-refractivity contribution in [3.63, 3.8) is 0 Å². The van der Waals surface area contributed by atoms with E-state index in [1.54, 1.807) is 0 Å². The lowest BCUT2D eigenvalue weighted by atomic mass is 10.1. The second-order valence-corrected chi connectivity index (χ2v) is 7.60. The van der Waals surface area contributed by atoms with Gasteiger partial charge in [0.25, 0.3) is 0 Å². The number of hydrogen-bond donors (Lipinski definition) is 0.